The second-order valence-electron chi connectivity index (χ2n) is 8.57. The summed E-state index contributed by atoms with van der Waals surface area (Å²) in [5.74, 6) is 0. The minimum atomic E-state index is -0.861. The molecule has 1 aromatic heterocycles. The summed E-state index contributed by atoms with van der Waals surface area (Å²) >= 11 is 0. The Morgan fingerprint density at radius 1 is 1.27 bits per heavy atom. The Morgan fingerprint density at radius 3 is 2.57 bits per heavy atom. The summed E-state index contributed by atoms with van der Waals surface area (Å²) < 4.78 is 6.98. The molecular weight excluding hydrogens is 388 g/mol. The van der Waals surface area contributed by atoms with Gasteiger partial charge in [-0.15, -0.1) is 0 Å². The summed E-state index contributed by atoms with van der Waals surface area (Å²) in [7, 11) is 0. The number of aryl methyl sites for hydroxylation is 1. The lowest BCUT2D eigenvalue weighted by molar-refractivity contribution is -0.0178. The van der Waals surface area contributed by atoms with Gasteiger partial charge in [0, 0.05) is 30.4 Å². The number of hydrogen-bond donors (Lipinski definition) is 4. The largest absolute Gasteiger partial charge is 0.390 e. The maximum absolute atomic E-state index is 12.2. The van der Waals surface area contributed by atoms with Gasteiger partial charge < -0.3 is 20.5 Å². The van der Waals surface area contributed by atoms with Crippen molar-refractivity contribution >= 4 is 11.7 Å². The van der Waals surface area contributed by atoms with Crippen LogP contribution in [0.15, 0.2) is 40.1 Å². The highest BCUT2D eigenvalue weighted by Gasteiger charge is 2.35. The number of H-pyrrole nitrogens is 1. The van der Waals surface area contributed by atoms with Crippen molar-refractivity contribution in [2.24, 2.45) is 0 Å². The molecule has 0 bridgehead atoms. The fraction of sp³-hybridized carbons (Fsp3) is 0.476. The average Bonchev–Trinajstić information content (AvgIpc) is 3.03. The molecule has 1 aliphatic heterocycles. The molecule has 2 aromatic rings. The van der Waals surface area contributed by atoms with E-state index in [4.69, 9.17) is 4.74 Å². The summed E-state index contributed by atoms with van der Waals surface area (Å²) in [6.07, 6.45) is -0.679. The molecule has 2 heterocycles. The first-order valence-electron chi connectivity index (χ1n) is 9.85. The van der Waals surface area contributed by atoms with Crippen molar-refractivity contribution < 1.29 is 14.6 Å². The van der Waals surface area contributed by atoms with E-state index in [-0.39, 0.29) is 18.4 Å². The standard InChI is InChI=1S/C21H28N4O5/c1-12-11-25(20(29)24-18(12)27)17-9-15(26)16(30-17)10-22-19(28)23-14-7-5-13(6-8-14)21(2,3)4/h5-8,11,15-17,26H,9-10H2,1-4H3,(H2,22,23,28)(H,24,27,29)/t15-,16+,17+/m0/s1. The van der Waals surface area contributed by atoms with Crippen LogP contribution in [0.25, 0.3) is 0 Å². The molecule has 9 heteroatoms. The van der Waals surface area contributed by atoms with Crippen LogP contribution in [0.5, 0.6) is 0 Å². The van der Waals surface area contributed by atoms with Crippen LogP contribution in [0.1, 0.15) is 44.5 Å². The maximum Gasteiger partial charge on any atom is 0.330 e. The third-order valence-electron chi connectivity index (χ3n) is 5.13. The van der Waals surface area contributed by atoms with Gasteiger partial charge in [-0.3, -0.25) is 14.3 Å². The van der Waals surface area contributed by atoms with Gasteiger partial charge in [-0.2, -0.15) is 0 Å². The lowest BCUT2D eigenvalue weighted by atomic mass is 9.87. The van der Waals surface area contributed by atoms with Crippen LogP contribution >= 0.6 is 0 Å². The number of hydrogen-bond acceptors (Lipinski definition) is 5. The Morgan fingerprint density at radius 2 is 1.93 bits per heavy atom. The zero-order valence-electron chi connectivity index (χ0n) is 17.6. The maximum atomic E-state index is 12.2. The minimum absolute atomic E-state index is 0.0273. The number of rotatable bonds is 4. The van der Waals surface area contributed by atoms with E-state index in [9.17, 15) is 19.5 Å². The topological polar surface area (TPSA) is 125 Å². The van der Waals surface area contributed by atoms with Crippen molar-refractivity contribution in [3.8, 4) is 0 Å². The van der Waals surface area contributed by atoms with E-state index in [0.29, 0.717) is 11.3 Å². The van der Waals surface area contributed by atoms with Gasteiger partial charge in [0.25, 0.3) is 5.56 Å². The van der Waals surface area contributed by atoms with Gasteiger partial charge in [-0.25, -0.2) is 9.59 Å². The van der Waals surface area contributed by atoms with Crippen LogP contribution in [0.4, 0.5) is 10.5 Å². The molecule has 0 unspecified atom stereocenters. The molecule has 1 saturated heterocycles. The summed E-state index contributed by atoms with van der Waals surface area (Å²) in [5, 5.41) is 15.7. The van der Waals surface area contributed by atoms with Gasteiger partial charge in [-0.1, -0.05) is 32.9 Å². The third-order valence-corrected chi connectivity index (χ3v) is 5.13. The normalized spacial score (nSPS) is 21.4. The summed E-state index contributed by atoms with van der Waals surface area (Å²) in [4.78, 5) is 37.9. The number of anilines is 1. The molecule has 30 heavy (non-hydrogen) atoms. The number of aromatic nitrogens is 2. The molecule has 4 N–H and O–H groups in total. The first-order valence-corrected chi connectivity index (χ1v) is 9.85. The highest BCUT2D eigenvalue weighted by molar-refractivity contribution is 5.89. The summed E-state index contributed by atoms with van der Waals surface area (Å²) in [6.45, 7) is 8.00. The Labute approximate surface area is 174 Å². The second kappa shape index (κ2) is 8.45. The SMILES string of the molecule is Cc1cn([C@H]2C[C@H](O)[C@@H](CNC(=O)Nc3ccc(C(C)(C)C)cc3)O2)c(=O)[nH]c1=O. The van der Waals surface area contributed by atoms with Gasteiger partial charge in [0.05, 0.1) is 6.10 Å². The number of amides is 2. The molecule has 0 aliphatic carbocycles. The Kier molecular flexibility index (Phi) is 6.14. The van der Waals surface area contributed by atoms with E-state index in [2.05, 4.69) is 36.4 Å². The predicted molar refractivity (Wildman–Crippen MR) is 113 cm³/mol. The molecule has 162 valence electrons. The average molecular weight is 416 g/mol. The lowest BCUT2D eigenvalue weighted by Crippen LogP contribution is -2.39. The fourth-order valence-electron chi connectivity index (χ4n) is 3.29. The number of nitrogens with zero attached hydrogens (tertiary/aromatic N) is 1. The number of aliphatic hydroxyl groups is 1. The summed E-state index contributed by atoms with van der Waals surface area (Å²) in [5.41, 5.74) is 1.15. The van der Waals surface area contributed by atoms with E-state index in [1.807, 2.05) is 24.3 Å². The van der Waals surface area contributed by atoms with Gasteiger partial charge >= 0.3 is 11.7 Å². The fourth-order valence-corrected chi connectivity index (χ4v) is 3.29. The van der Waals surface area contributed by atoms with E-state index in [1.165, 1.54) is 10.8 Å². The smallest absolute Gasteiger partial charge is 0.330 e. The van der Waals surface area contributed by atoms with Crippen molar-refractivity contribution in [2.45, 2.75) is 58.0 Å². The van der Waals surface area contributed by atoms with Crippen LogP contribution < -0.4 is 21.9 Å². The molecule has 1 aromatic carbocycles. The Hall–Kier alpha value is -2.91. The van der Waals surface area contributed by atoms with Crippen LogP contribution in [0, 0.1) is 6.92 Å². The van der Waals surface area contributed by atoms with Gasteiger partial charge in [0.1, 0.15) is 12.3 Å². The molecule has 0 radical (unpaired) electrons. The molecular formula is C21H28N4O5. The minimum Gasteiger partial charge on any atom is -0.390 e. The van der Waals surface area contributed by atoms with E-state index < -0.39 is 35.7 Å². The van der Waals surface area contributed by atoms with Crippen molar-refractivity contribution in [3.05, 3.63) is 62.4 Å². The molecule has 0 spiro atoms. The highest BCUT2D eigenvalue weighted by Crippen LogP contribution is 2.27. The first-order chi connectivity index (χ1) is 14.0. The first kappa shape index (κ1) is 21.8. The van der Waals surface area contributed by atoms with Crippen molar-refractivity contribution in [3.63, 3.8) is 0 Å². The molecule has 0 saturated carbocycles. The monoisotopic (exact) mass is 416 g/mol. The molecule has 1 fully saturated rings. The quantitative estimate of drug-likeness (QED) is 0.603. The molecule has 1 aliphatic rings. The van der Waals surface area contributed by atoms with Crippen molar-refractivity contribution in [2.75, 3.05) is 11.9 Å². The number of carbonyl (C=O) groups is 1. The molecule has 2 amide bonds. The number of carbonyl (C=O) groups excluding carboxylic acids is 1. The van der Waals surface area contributed by atoms with Crippen molar-refractivity contribution in [1.29, 1.82) is 0 Å². The molecule has 3 atom stereocenters. The van der Waals surface area contributed by atoms with E-state index in [0.717, 1.165) is 5.56 Å². The van der Waals surface area contributed by atoms with Crippen LogP contribution in [0.3, 0.4) is 0 Å². The van der Waals surface area contributed by atoms with E-state index in [1.54, 1.807) is 6.92 Å². The van der Waals surface area contributed by atoms with Gasteiger partial charge in [0.15, 0.2) is 0 Å². The molecule has 9 nitrogen and oxygen atoms in total. The lowest BCUT2D eigenvalue weighted by Gasteiger charge is -2.19. The van der Waals surface area contributed by atoms with Gasteiger partial charge in [-0.05, 0) is 30.0 Å². The van der Waals surface area contributed by atoms with Crippen LogP contribution in [0.2, 0.25) is 0 Å². The number of aromatic amines is 1. The predicted octanol–water partition coefficient (Wildman–Crippen LogP) is 1.61. The zero-order valence-corrected chi connectivity index (χ0v) is 17.6. The number of ether oxygens (including phenoxy) is 1. The zero-order chi connectivity index (χ0) is 22.1. The van der Waals surface area contributed by atoms with Gasteiger partial charge in [0.2, 0.25) is 0 Å². The Bertz CT molecular complexity index is 1020. The van der Waals surface area contributed by atoms with E-state index >= 15 is 0 Å². The highest BCUT2D eigenvalue weighted by atomic mass is 16.5. The summed E-state index contributed by atoms with van der Waals surface area (Å²) in [6, 6.07) is 7.18. The second-order valence-corrected chi connectivity index (χ2v) is 8.57. The van der Waals surface area contributed by atoms with Crippen LogP contribution in [-0.4, -0.2) is 39.4 Å². The number of aliphatic hydroxyl groups excluding tert-OH is 1. The number of nitrogens with one attached hydrogen (secondary N) is 3. The number of urea groups is 1. The Balaban J connectivity index is 1.56. The third kappa shape index (κ3) is 4.98. The van der Waals surface area contributed by atoms with Crippen molar-refractivity contribution in [1.82, 2.24) is 14.9 Å². The molecule has 3 rings (SSSR count). The number of benzene rings is 1. The van der Waals surface area contributed by atoms with Crippen LogP contribution in [-0.2, 0) is 10.2 Å².